The smallest absolute Gasteiger partial charge is 0.241 e. The Kier molecular flexibility index (Phi) is 6.49. The molecule has 3 N–H and O–H groups in total. The fourth-order valence-corrected chi connectivity index (χ4v) is 2.87. The van der Waals surface area contributed by atoms with Gasteiger partial charge in [-0.1, -0.05) is 56.3 Å². The van der Waals surface area contributed by atoms with Gasteiger partial charge in [0.15, 0.2) is 0 Å². The molecule has 0 aliphatic carbocycles. The molecule has 0 bridgehead atoms. The molecule has 1 amide bonds. The molecule has 0 fully saturated rings. The van der Waals surface area contributed by atoms with E-state index in [9.17, 15) is 4.79 Å². The van der Waals surface area contributed by atoms with E-state index in [2.05, 4.69) is 34.6 Å². The first kappa shape index (κ1) is 19.7. The Morgan fingerprint density at radius 3 is 2.50 bits per heavy atom. The van der Waals surface area contributed by atoms with Crippen LogP contribution >= 0.6 is 0 Å². The molecule has 0 saturated carbocycles. The third kappa shape index (κ3) is 5.47. The molecule has 0 saturated heterocycles. The van der Waals surface area contributed by atoms with Crippen LogP contribution in [0.2, 0.25) is 0 Å². The Labute approximate surface area is 164 Å². The predicted octanol–water partition coefficient (Wildman–Crippen LogP) is 2.89. The van der Waals surface area contributed by atoms with E-state index in [0.717, 1.165) is 23.2 Å². The first-order chi connectivity index (χ1) is 13.5. The molecule has 7 nitrogen and oxygen atoms in total. The summed E-state index contributed by atoms with van der Waals surface area (Å²) < 4.78 is 0. The molecule has 146 valence electrons. The van der Waals surface area contributed by atoms with Crippen LogP contribution in [0.25, 0.3) is 11.4 Å². The Bertz CT molecular complexity index is 889. The van der Waals surface area contributed by atoms with Gasteiger partial charge in [-0.3, -0.25) is 4.79 Å². The number of hydrogen-bond acceptors (Lipinski definition) is 5. The van der Waals surface area contributed by atoms with E-state index in [0.29, 0.717) is 24.7 Å². The molecule has 1 heterocycles. The summed E-state index contributed by atoms with van der Waals surface area (Å²) in [5, 5.41) is 15.5. The molecule has 0 unspecified atom stereocenters. The number of nitrogens with two attached hydrogens (primary N) is 1. The Morgan fingerprint density at radius 1 is 1.11 bits per heavy atom. The summed E-state index contributed by atoms with van der Waals surface area (Å²) in [7, 11) is 0. The lowest BCUT2D eigenvalue weighted by molar-refractivity contribution is -0.117. The first-order valence-electron chi connectivity index (χ1n) is 9.50. The van der Waals surface area contributed by atoms with Gasteiger partial charge < -0.3 is 11.1 Å². The van der Waals surface area contributed by atoms with E-state index in [-0.39, 0.29) is 5.91 Å². The van der Waals surface area contributed by atoms with E-state index < -0.39 is 6.04 Å². The van der Waals surface area contributed by atoms with Gasteiger partial charge in [-0.05, 0) is 41.7 Å². The minimum Gasteiger partial charge on any atom is -0.325 e. The lowest BCUT2D eigenvalue weighted by Crippen LogP contribution is -2.36. The first-order valence-corrected chi connectivity index (χ1v) is 9.50. The van der Waals surface area contributed by atoms with Crippen LogP contribution in [0.15, 0.2) is 54.6 Å². The summed E-state index contributed by atoms with van der Waals surface area (Å²) in [4.78, 5) is 13.7. The van der Waals surface area contributed by atoms with Crippen molar-refractivity contribution in [3.8, 4) is 11.4 Å². The van der Waals surface area contributed by atoms with E-state index >= 15 is 0 Å². The second kappa shape index (κ2) is 9.23. The molecule has 28 heavy (non-hydrogen) atoms. The highest BCUT2D eigenvalue weighted by Crippen LogP contribution is 2.14. The van der Waals surface area contributed by atoms with Crippen molar-refractivity contribution in [2.45, 2.75) is 39.3 Å². The standard InChI is InChI=1S/C21H26N6O/c1-15(2)14-19(22)21(28)23-18-10-8-16(9-11-18)12-13-27-25-20(24-26-27)17-6-4-3-5-7-17/h3-11,15,19H,12-14,22H2,1-2H3,(H,23,28)/t19-/m0/s1. The summed E-state index contributed by atoms with van der Waals surface area (Å²) in [5.74, 6) is 0.856. The van der Waals surface area contributed by atoms with Crippen LogP contribution < -0.4 is 11.1 Å². The number of carbonyl (C=O) groups is 1. The third-order valence-corrected chi connectivity index (χ3v) is 4.37. The topological polar surface area (TPSA) is 98.7 Å². The number of nitrogens with one attached hydrogen (secondary N) is 1. The van der Waals surface area contributed by atoms with Gasteiger partial charge in [0, 0.05) is 11.3 Å². The Hall–Kier alpha value is -3.06. The number of hydrogen-bond donors (Lipinski definition) is 2. The fraction of sp³-hybridized carbons (Fsp3) is 0.333. The third-order valence-electron chi connectivity index (χ3n) is 4.37. The van der Waals surface area contributed by atoms with Crippen LogP contribution in [0, 0.1) is 5.92 Å². The monoisotopic (exact) mass is 378 g/mol. The summed E-state index contributed by atoms with van der Waals surface area (Å²) in [5.41, 5.74) is 8.74. The van der Waals surface area contributed by atoms with Crippen LogP contribution in [-0.2, 0) is 17.8 Å². The van der Waals surface area contributed by atoms with Gasteiger partial charge in [-0.2, -0.15) is 4.80 Å². The number of tetrazole rings is 1. The molecule has 0 aliphatic rings. The fourth-order valence-electron chi connectivity index (χ4n) is 2.87. The van der Waals surface area contributed by atoms with Gasteiger partial charge in [-0.25, -0.2) is 0 Å². The number of carbonyl (C=O) groups excluding carboxylic acids is 1. The molecule has 3 aromatic rings. The molecule has 1 atom stereocenters. The van der Waals surface area contributed by atoms with Crippen LogP contribution in [0.1, 0.15) is 25.8 Å². The molecular formula is C21H26N6O. The normalized spacial score (nSPS) is 12.1. The predicted molar refractivity (Wildman–Crippen MR) is 109 cm³/mol. The van der Waals surface area contributed by atoms with Crippen molar-refractivity contribution in [2.75, 3.05) is 5.32 Å². The Morgan fingerprint density at radius 2 is 1.82 bits per heavy atom. The lowest BCUT2D eigenvalue weighted by Gasteiger charge is -2.14. The van der Waals surface area contributed by atoms with Gasteiger partial charge >= 0.3 is 0 Å². The SMILES string of the molecule is CC(C)C[C@H](N)C(=O)Nc1ccc(CCn2nnc(-c3ccccc3)n2)cc1. The van der Waals surface area contributed by atoms with Crippen molar-refractivity contribution in [3.63, 3.8) is 0 Å². The van der Waals surface area contributed by atoms with Gasteiger partial charge in [0.2, 0.25) is 11.7 Å². The van der Waals surface area contributed by atoms with Gasteiger partial charge in [0.05, 0.1) is 12.6 Å². The van der Waals surface area contributed by atoms with Crippen molar-refractivity contribution in [3.05, 3.63) is 60.2 Å². The van der Waals surface area contributed by atoms with Crippen LogP contribution in [0.3, 0.4) is 0 Å². The molecule has 1 aromatic heterocycles. The maximum atomic E-state index is 12.1. The number of rotatable bonds is 8. The van der Waals surface area contributed by atoms with Crippen molar-refractivity contribution in [1.29, 1.82) is 0 Å². The quantitative estimate of drug-likeness (QED) is 0.628. The second-order valence-electron chi connectivity index (χ2n) is 7.25. The van der Waals surface area contributed by atoms with E-state index in [1.165, 1.54) is 0 Å². The summed E-state index contributed by atoms with van der Waals surface area (Å²) in [6.07, 6.45) is 1.44. The molecule has 0 radical (unpaired) electrons. The number of anilines is 1. The minimum atomic E-state index is -0.489. The van der Waals surface area contributed by atoms with E-state index in [4.69, 9.17) is 5.73 Å². The van der Waals surface area contributed by atoms with Crippen molar-refractivity contribution in [1.82, 2.24) is 20.2 Å². The summed E-state index contributed by atoms with van der Waals surface area (Å²) in [6, 6.07) is 17.0. The second-order valence-corrected chi connectivity index (χ2v) is 7.25. The molecule has 7 heteroatoms. The lowest BCUT2D eigenvalue weighted by atomic mass is 10.0. The number of amides is 1. The Balaban J connectivity index is 1.52. The number of aryl methyl sites for hydroxylation is 2. The zero-order chi connectivity index (χ0) is 19.9. The zero-order valence-electron chi connectivity index (χ0n) is 16.2. The summed E-state index contributed by atoms with van der Waals surface area (Å²) in [6.45, 7) is 4.73. The van der Waals surface area contributed by atoms with E-state index in [1.807, 2.05) is 54.6 Å². The van der Waals surface area contributed by atoms with Gasteiger partial charge in [-0.15, -0.1) is 10.2 Å². The highest BCUT2D eigenvalue weighted by molar-refractivity contribution is 5.94. The number of aromatic nitrogens is 4. The highest BCUT2D eigenvalue weighted by atomic mass is 16.2. The van der Waals surface area contributed by atoms with Crippen molar-refractivity contribution >= 4 is 11.6 Å². The minimum absolute atomic E-state index is 0.151. The number of benzene rings is 2. The van der Waals surface area contributed by atoms with Crippen LogP contribution in [0.4, 0.5) is 5.69 Å². The van der Waals surface area contributed by atoms with Crippen LogP contribution in [0.5, 0.6) is 0 Å². The van der Waals surface area contributed by atoms with Crippen LogP contribution in [-0.4, -0.2) is 32.2 Å². The largest absolute Gasteiger partial charge is 0.325 e. The average molecular weight is 378 g/mol. The van der Waals surface area contributed by atoms with Crippen molar-refractivity contribution in [2.24, 2.45) is 11.7 Å². The number of nitrogens with zero attached hydrogens (tertiary/aromatic N) is 4. The maximum Gasteiger partial charge on any atom is 0.241 e. The average Bonchev–Trinajstić information content (AvgIpc) is 3.17. The molecular weight excluding hydrogens is 352 g/mol. The van der Waals surface area contributed by atoms with Gasteiger partial charge in [0.1, 0.15) is 0 Å². The summed E-state index contributed by atoms with van der Waals surface area (Å²) >= 11 is 0. The zero-order valence-corrected chi connectivity index (χ0v) is 16.2. The maximum absolute atomic E-state index is 12.1. The van der Waals surface area contributed by atoms with E-state index in [1.54, 1.807) is 4.80 Å². The highest BCUT2D eigenvalue weighted by Gasteiger charge is 2.15. The molecule has 2 aromatic carbocycles. The van der Waals surface area contributed by atoms with Crippen molar-refractivity contribution < 1.29 is 4.79 Å². The van der Waals surface area contributed by atoms with Gasteiger partial charge in [0.25, 0.3) is 0 Å². The molecule has 3 rings (SSSR count). The molecule has 0 spiro atoms. The molecule has 0 aliphatic heterocycles.